The average molecular weight is 512 g/mol. The Kier molecular flexibility index (Phi) is 8.43. The number of carboxylic acid groups (broad SMARTS) is 1. The van der Waals surface area contributed by atoms with Gasteiger partial charge in [-0.05, 0) is 77.9 Å². The monoisotopic (exact) mass is 512 g/mol. The van der Waals surface area contributed by atoms with Gasteiger partial charge in [0.1, 0.15) is 18.2 Å². The number of benzene rings is 2. The van der Waals surface area contributed by atoms with Gasteiger partial charge in [0, 0.05) is 29.1 Å². The number of nitrogens with two attached hydrogens (primary N) is 1. The zero-order chi connectivity index (χ0) is 25.3. The Morgan fingerprint density at radius 3 is 2.44 bits per heavy atom. The summed E-state index contributed by atoms with van der Waals surface area (Å²) < 4.78 is 73.2. The number of halogens is 5. The number of hydrogen-bond donors (Lipinski definition) is 1. The molecule has 0 aliphatic heterocycles. The number of nitrogen functional groups attached to an aromatic ring is 1. The summed E-state index contributed by atoms with van der Waals surface area (Å²) in [4.78, 5) is 15.2. The summed E-state index contributed by atoms with van der Waals surface area (Å²) >= 11 is 0. The van der Waals surface area contributed by atoms with Crippen LogP contribution in [0.5, 0.6) is 5.88 Å². The van der Waals surface area contributed by atoms with Gasteiger partial charge in [-0.15, -0.1) is 0 Å². The molecule has 0 atom stereocenters. The van der Waals surface area contributed by atoms with E-state index in [9.17, 15) is 31.9 Å². The molecule has 0 spiro atoms. The minimum atomic E-state index is -4.68. The molecule has 1 aliphatic carbocycles. The van der Waals surface area contributed by atoms with Gasteiger partial charge in [-0.25, -0.2) is 13.8 Å². The molecule has 5 nitrogen and oxygen atoms in total. The molecule has 0 bridgehead atoms. The number of carbonyl (C=O) groups is 1. The Morgan fingerprint density at radius 1 is 1.06 bits per heavy atom. The van der Waals surface area contributed by atoms with Crippen LogP contribution in [0.2, 0.25) is 0 Å². The van der Waals surface area contributed by atoms with Crippen LogP contribution in [0.4, 0.5) is 27.6 Å². The maximum absolute atomic E-state index is 14.0. The Labute approximate surface area is 225 Å². The third kappa shape index (κ3) is 6.05. The number of anilines is 1. The molecule has 0 radical (unpaired) electrons. The Morgan fingerprint density at radius 2 is 1.78 bits per heavy atom. The van der Waals surface area contributed by atoms with Crippen molar-refractivity contribution < 1.29 is 66.1 Å². The van der Waals surface area contributed by atoms with Crippen LogP contribution in [-0.4, -0.2) is 11.0 Å². The number of hydrogen-bond acceptors (Lipinski definition) is 5. The maximum atomic E-state index is 14.0. The van der Waals surface area contributed by atoms with Crippen LogP contribution in [0, 0.1) is 11.6 Å². The SMILES string of the molecule is Nc1cc(C(=O)[O-])cc(C2=C(c3cc(C(F)(F)F)cnc3OCc3ccc(F)cc3F)CCC2)c1.[Na+]. The molecule has 0 amide bonds. The number of nitrogens with zero attached hydrogens (tertiary/aromatic N) is 1. The third-order valence-corrected chi connectivity index (χ3v) is 5.64. The minimum Gasteiger partial charge on any atom is -0.545 e. The van der Waals surface area contributed by atoms with E-state index in [1.807, 2.05) is 0 Å². The number of carboxylic acids is 1. The van der Waals surface area contributed by atoms with E-state index in [4.69, 9.17) is 10.5 Å². The van der Waals surface area contributed by atoms with Crippen LogP contribution in [0.3, 0.4) is 0 Å². The van der Waals surface area contributed by atoms with E-state index in [1.54, 1.807) is 0 Å². The van der Waals surface area contributed by atoms with Crippen molar-refractivity contribution in [2.24, 2.45) is 0 Å². The number of alkyl halides is 3. The summed E-state index contributed by atoms with van der Waals surface area (Å²) in [6.45, 7) is -0.396. The second-order valence-corrected chi connectivity index (χ2v) is 8.04. The number of pyridine rings is 1. The molecule has 4 rings (SSSR count). The fraction of sp³-hybridized carbons (Fsp3) is 0.200. The zero-order valence-electron chi connectivity index (χ0n) is 19.1. The van der Waals surface area contributed by atoms with E-state index in [1.165, 1.54) is 24.3 Å². The molecule has 2 aromatic carbocycles. The quantitative estimate of drug-likeness (QED) is 0.310. The van der Waals surface area contributed by atoms with Gasteiger partial charge in [0.2, 0.25) is 5.88 Å². The zero-order valence-corrected chi connectivity index (χ0v) is 21.1. The molecular weight excluding hydrogens is 494 g/mol. The molecule has 11 heteroatoms. The predicted octanol–water partition coefficient (Wildman–Crippen LogP) is 2.00. The first-order valence-corrected chi connectivity index (χ1v) is 10.5. The van der Waals surface area contributed by atoms with E-state index in [0.717, 1.165) is 12.1 Å². The Hall–Kier alpha value is -2.95. The first-order chi connectivity index (χ1) is 16.5. The van der Waals surface area contributed by atoms with Gasteiger partial charge in [0.05, 0.1) is 11.5 Å². The first-order valence-electron chi connectivity index (χ1n) is 10.5. The summed E-state index contributed by atoms with van der Waals surface area (Å²) in [7, 11) is 0. The molecule has 0 unspecified atom stereocenters. The fourth-order valence-electron chi connectivity index (χ4n) is 4.03. The summed E-state index contributed by atoms with van der Waals surface area (Å²) in [5.41, 5.74) is 6.38. The summed E-state index contributed by atoms with van der Waals surface area (Å²) in [6, 6.07) is 7.89. The van der Waals surface area contributed by atoms with Crippen LogP contribution in [0.25, 0.3) is 11.1 Å². The predicted molar refractivity (Wildman–Crippen MR) is 116 cm³/mol. The van der Waals surface area contributed by atoms with E-state index in [0.29, 0.717) is 48.2 Å². The molecule has 1 heterocycles. The summed E-state index contributed by atoms with van der Waals surface area (Å²) in [5, 5.41) is 11.4. The minimum absolute atomic E-state index is 0. The third-order valence-electron chi connectivity index (χ3n) is 5.64. The molecule has 1 aliphatic rings. The van der Waals surface area contributed by atoms with Gasteiger partial charge >= 0.3 is 35.7 Å². The van der Waals surface area contributed by atoms with Gasteiger partial charge in [-0.2, -0.15) is 13.2 Å². The number of ether oxygens (including phenoxy) is 1. The van der Waals surface area contributed by atoms with Crippen molar-refractivity contribution in [3.63, 3.8) is 0 Å². The van der Waals surface area contributed by atoms with Gasteiger partial charge in [-0.1, -0.05) is 0 Å². The molecular formula is C25H18F5N2NaO3. The Balaban J connectivity index is 0.00000361. The normalized spacial score (nSPS) is 13.5. The average Bonchev–Trinajstić information content (AvgIpc) is 3.27. The molecule has 1 aromatic heterocycles. The van der Waals surface area contributed by atoms with Crippen LogP contribution in [0.15, 0.2) is 48.7 Å². The number of allylic oxidation sites excluding steroid dienone is 2. The van der Waals surface area contributed by atoms with E-state index < -0.39 is 36.0 Å². The van der Waals surface area contributed by atoms with E-state index in [2.05, 4.69) is 4.98 Å². The largest absolute Gasteiger partial charge is 1.00 e. The van der Waals surface area contributed by atoms with E-state index >= 15 is 0 Å². The van der Waals surface area contributed by atoms with E-state index in [-0.39, 0.29) is 57.8 Å². The van der Waals surface area contributed by atoms with Gasteiger partial charge in [0.25, 0.3) is 0 Å². The summed E-state index contributed by atoms with van der Waals surface area (Å²) in [5.74, 6) is -3.25. The Bertz CT molecular complexity index is 1340. The standard InChI is InChI=1S/C25H19F5N2O3.Na/c26-17-5-4-13(22(27)10-17)12-35-23-21(9-16(11-32-23)25(28,29)30)20-3-1-2-19(20)14-6-15(24(33)34)8-18(31)7-14;/h4-11H,1-3,12,31H2,(H,33,34);/q;+1/p-1. The van der Waals surface area contributed by atoms with Gasteiger partial charge in [0.15, 0.2) is 0 Å². The molecule has 36 heavy (non-hydrogen) atoms. The topological polar surface area (TPSA) is 88.3 Å². The fourth-order valence-corrected chi connectivity index (χ4v) is 4.03. The van der Waals surface area contributed by atoms with Crippen molar-refractivity contribution >= 4 is 22.8 Å². The number of aromatic nitrogens is 1. The molecule has 0 saturated heterocycles. The van der Waals surface area contributed by atoms with Gasteiger partial charge < -0.3 is 20.4 Å². The second-order valence-electron chi connectivity index (χ2n) is 8.04. The van der Waals surface area contributed by atoms with Crippen molar-refractivity contribution in [3.05, 3.63) is 88.1 Å². The van der Waals surface area contributed by atoms with Crippen LogP contribution < -0.4 is 45.1 Å². The molecule has 3 aromatic rings. The number of aromatic carboxylic acids is 1. The summed E-state index contributed by atoms with van der Waals surface area (Å²) in [6.07, 6.45) is -2.66. The maximum Gasteiger partial charge on any atom is 1.00 e. The van der Waals surface area contributed by atoms with Crippen LogP contribution >= 0.6 is 0 Å². The molecule has 182 valence electrons. The molecule has 2 N–H and O–H groups in total. The van der Waals surface area contributed by atoms with Crippen molar-refractivity contribution in [2.75, 3.05) is 5.73 Å². The number of carbonyl (C=O) groups excluding carboxylic acids is 1. The van der Waals surface area contributed by atoms with Crippen LogP contribution in [0.1, 0.15) is 51.9 Å². The number of rotatable bonds is 6. The van der Waals surface area contributed by atoms with Crippen molar-refractivity contribution in [1.29, 1.82) is 0 Å². The van der Waals surface area contributed by atoms with Crippen molar-refractivity contribution in [1.82, 2.24) is 4.98 Å². The van der Waals surface area contributed by atoms with Crippen LogP contribution in [-0.2, 0) is 12.8 Å². The molecule has 0 fully saturated rings. The smallest absolute Gasteiger partial charge is 0.545 e. The van der Waals surface area contributed by atoms with Crippen molar-refractivity contribution in [3.8, 4) is 5.88 Å². The molecule has 0 saturated carbocycles. The first kappa shape index (κ1) is 27.6. The van der Waals surface area contributed by atoms with Gasteiger partial charge in [-0.3, -0.25) is 0 Å². The van der Waals surface area contributed by atoms with Crippen molar-refractivity contribution in [2.45, 2.75) is 32.0 Å². The second kappa shape index (κ2) is 11.0.